The summed E-state index contributed by atoms with van der Waals surface area (Å²) < 4.78 is 70.1. The van der Waals surface area contributed by atoms with Gasteiger partial charge in [-0.25, -0.2) is 13.2 Å². The Balaban J connectivity index is 0.00000312. The summed E-state index contributed by atoms with van der Waals surface area (Å²) >= 11 is 0. The van der Waals surface area contributed by atoms with Gasteiger partial charge >= 0.3 is 12.1 Å². The van der Waals surface area contributed by atoms with Crippen LogP contribution < -0.4 is 5.32 Å². The first kappa shape index (κ1) is 21.7. The van der Waals surface area contributed by atoms with Gasteiger partial charge in [0.05, 0.1) is 23.1 Å². The number of sulfonamides is 1. The van der Waals surface area contributed by atoms with Crippen LogP contribution in [0.15, 0.2) is 23.1 Å². The Labute approximate surface area is 149 Å². The fourth-order valence-corrected chi connectivity index (χ4v) is 3.93. The van der Waals surface area contributed by atoms with Crippen molar-refractivity contribution in [2.24, 2.45) is 0 Å². The maximum Gasteiger partial charge on any atom is 0.417 e. The highest BCUT2D eigenvalue weighted by atomic mass is 35.5. The van der Waals surface area contributed by atoms with E-state index in [1.807, 2.05) is 0 Å². The molecule has 1 heterocycles. The van der Waals surface area contributed by atoms with Gasteiger partial charge in [-0.15, -0.1) is 12.4 Å². The van der Waals surface area contributed by atoms with Crippen molar-refractivity contribution in [3.8, 4) is 0 Å². The van der Waals surface area contributed by atoms with Gasteiger partial charge in [0.15, 0.2) is 0 Å². The van der Waals surface area contributed by atoms with Crippen molar-refractivity contribution < 1.29 is 31.1 Å². The molecule has 2 rings (SSSR count). The lowest BCUT2D eigenvalue weighted by atomic mass is 10.1. The van der Waals surface area contributed by atoms with E-state index < -0.39 is 38.2 Å². The number of hydrogen-bond donors (Lipinski definition) is 1. The summed E-state index contributed by atoms with van der Waals surface area (Å²) in [7, 11) is -1.83. The normalized spacial score (nSPS) is 18.1. The number of rotatable bonds is 4. The van der Waals surface area contributed by atoms with Gasteiger partial charge in [-0.3, -0.25) is 0 Å². The number of carbonyl (C=O) groups excluding carboxylic acids is 1. The number of likely N-dealkylation sites (N-methyl/N-ethyl adjacent to an activating group) is 1. The van der Waals surface area contributed by atoms with Crippen molar-refractivity contribution in [3.05, 3.63) is 29.3 Å². The molecule has 1 saturated heterocycles. The van der Waals surface area contributed by atoms with Crippen LogP contribution in [0.2, 0.25) is 0 Å². The van der Waals surface area contributed by atoms with Gasteiger partial charge in [0, 0.05) is 19.6 Å². The van der Waals surface area contributed by atoms with Gasteiger partial charge in [0.2, 0.25) is 10.0 Å². The molecule has 1 aliphatic heterocycles. The van der Waals surface area contributed by atoms with Gasteiger partial charge in [-0.1, -0.05) is 0 Å². The molecule has 0 radical (unpaired) electrons. The van der Waals surface area contributed by atoms with Crippen molar-refractivity contribution >= 4 is 28.4 Å². The second-order valence-corrected chi connectivity index (χ2v) is 7.36. The van der Waals surface area contributed by atoms with Crippen molar-refractivity contribution in [1.82, 2.24) is 9.62 Å². The molecule has 1 aromatic carbocycles. The van der Waals surface area contributed by atoms with Gasteiger partial charge in [0.1, 0.15) is 0 Å². The van der Waals surface area contributed by atoms with Crippen LogP contribution in [-0.4, -0.2) is 52.0 Å². The molecular weight excluding hydrogens is 385 g/mol. The minimum Gasteiger partial charge on any atom is -0.465 e. The van der Waals surface area contributed by atoms with Crippen LogP contribution in [0.3, 0.4) is 0 Å². The van der Waals surface area contributed by atoms with E-state index in [0.717, 1.165) is 23.5 Å². The summed E-state index contributed by atoms with van der Waals surface area (Å²) in [4.78, 5) is 11.0. The molecule has 0 spiro atoms. The number of benzene rings is 1. The Bertz CT molecular complexity index is 734. The fraction of sp³-hybridized carbons (Fsp3) is 0.500. The lowest BCUT2D eigenvalue weighted by Crippen LogP contribution is -2.38. The maximum absolute atomic E-state index is 13.2. The van der Waals surface area contributed by atoms with E-state index in [-0.39, 0.29) is 18.4 Å². The van der Waals surface area contributed by atoms with Crippen LogP contribution in [-0.2, 0) is 20.9 Å². The number of ether oxygens (including phenoxy) is 1. The van der Waals surface area contributed by atoms with Crippen LogP contribution in [0.25, 0.3) is 0 Å². The molecular formula is C14H18ClF3N2O4S. The zero-order chi connectivity index (χ0) is 18.1. The maximum atomic E-state index is 13.2. The Morgan fingerprint density at radius 3 is 2.48 bits per heavy atom. The van der Waals surface area contributed by atoms with Crippen molar-refractivity contribution in [3.63, 3.8) is 0 Å². The number of hydrogen-bond acceptors (Lipinski definition) is 5. The number of halogens is 4. The molecule has 1 atom stereocenters. The van der Waals surface area contributed by atoms with Gasteiger partial charge < -0.3 is 10.1 Å². The monoisotopic (exact) mass is 402 g/mol. The summed E-state index contributed by atoms with van der Waals surface area (Å²) in [6, 6.07) is 1.95. The standard InChI is InChI=1S/C14H17F3N2O4S.ClH/c1-19(9-5-6-18-8-9)24(21,22)10-3-4-11(13(20)23-2)12(7-10)14(15,16)17;/h3-4,7,9,18H,5-6,8H2,1-2H3;1H. The number of carbonyl (C=O) groups is 1. The van der Waals surface area contributed by atoms with E-state index in [0.29, 0.717) is 25.6 Å². The topological polar surface area (TPSA) is 75.7 Å². The summed E-state index contributed by atoms with van der Waals surface area (Å²) in [6.45, 7) is 1.07. The van der Waals surface area contributed by atoms with Crippen LogP contribution in [0.5, 0.6) is 0 Å². The minimum atomic E-state index is -4.89. The van der Waals surface area contributed by atoms with E-state index in [4.69, 9.17) is 0 Å². The predicted octanol–water partition coefficient (Wildman–Crippen LogP) is 1.90. The average molecular weight is 403 g/mol. The second-order valence-electron chi connectivity index (χ2n) is 5.36. The average Bonchev–Trinajstić information content (AvgIpc) is 3.06. The molecule has 0 aromatic heterocycles. The SMILES string of the molecule is COC(=O)c1ccc(S(=O)(=O)N(C)C2CCNC2)cc1C(F)(F)F.Cl. The molecule has 1 unspecified atom stereocenters. The lowest BCUT2D eigenvalue weighted by molar-refractivity contribution is -0.138. The van der Waals surface area contributed by atoms with Crippen LogP contribution in [0.4, 0.5) is 13.2 Å². The first-order valence-corrected chi connectivity index (χ1v) is 8.51. The zero-order valence-corrected chi connectivity index (χ0v) is 15.1. The fourth-order valence-electron chi connectivity index (χ4n) is 2.52. The summed E-state index contributed by atoms with van der Waals surface area (Å²) in [5.41, 5.74) is -2.07. The smallest absolute Gasteiger partial charge is 0.417 e. The first-order valence-electron chi connectivity index (χ1n) is 7.07. The van der Waals surface area contributed by atoms with Crippen LogP contribution in [0.1, 0.15) is 22.3 Å². The summed E-state index contributed by atoms with van der Waals surface area (Å²) in [5.74, 6) is -1.18. The summed E-state index contributed by atoms with van der Waals surface area (Å²) in [5, 5.41) is 3.00. The molecule has 11 heteroatoms. The number of methoxy groups -OCH3 is 1. The zero-order valence-electron chi connectivity index (χ0n) is 13.5. The van der Waals surface area contributed by atoms with Gasteiger partial charge in [-0.05, 0) is 31.2 Å². The van der Waals surface area contributed by atoms with Gasteiger partial charge in [-0.2, -0.15) is 17.5 Å². The largest absolute Gasteiger partial charge is 0.465 e. The third-order valence-electron chi connectivity index (χ3n) is 3.93. The molecule has 6 nitrogen and oxygen atoms in total. The van der Waals surface area contributed by atoms with E-state index >= 15 is 0 Å². The van der Waals surface area contributed by atoms with E-state index in [9.17, 15) is 26.4 Å². The molecule has 1 aromatic rings. The first-order chi connectivity index (χ1) is 11.1. The second kappa shape index (κ2) is 7.90. The molecule has 1 N–H and O–H groups in total. The third-order valence-corrected chi connectivity index (χ3v) is 5.83. The third kappa shape index (κ3) is 4.43. The quantitative estimate of drug-likeness (QED) is 0.778. The number of alkyl halides is 3. The van der Waals surface area contributed by atoms with Crippen molar-refractivity contribution in [1.29, 1.82) is 0 Å². The number of nitrogens with one attached hydrogen (secondary N) is 1. The Morgan fingerprint density at radius 1 is 1.36 bits per heavy atom. The Kier molecular flexibility index (Phi) is 6.85. The predicted molar refractivity (Wildman–Crippen MR) is 86.3 cm³/mol. The molecule has 0 saturated carbocycles. The molecule has 1 fully saturated rings. The number of nitrogens with zero attached hydrogens (tertiary/aromatic N) is 1. The molecule has 1 aliphatic rings. The highest BCUT2D eigenvalue weighted by Gasteiger charge is 2.38. The van der Waals surface area contributed by atoms with Crippen LogP contribution in [0, 0.1) is 0 Å². The molecule has 0 amide bonds. The molecule has 0 bridgehead atoms. The highest BCUT2D eigenvalue weighted by molar-refractivity contribution is 7.89. The Morgan fingerprint density at radius 2 is 2.00 bits per heavy atom. The van der Waals surface area contributed by atoms with E-state index in [2.05, 4.69) is 10.1 Å². The number of esters is 1. The summed E-state index contributed by atoms with van der Waals surface area (Å²) in [6.07, 6.45) is -4.31. The molecule has 0 aliphatic carbocycles. The minimum absolute atomic E-state index is 0. The van der Waals surface area contributed by atoms with Crippen molar-refractivity contribution in [2.45, 2.75) is 23.5 Å². The van der Waals surface area contributed by atoms with E-state index in [1.54, 1.807) is 0 Å². The molecule has 142 valence electrons. The Hall–Kier alpha value is -1.36. The van der Waals surface area contributed by atoms with Crippen LogP contribution >= 0.6 is 12.4 Å². The van der Waals surface area contributed by atoms with Gasteiger partial charge in [0.25, 0.3) is 0 Å². The lowest BCUT2D eigenvalue weighted by Gasteiger charge is -2.24. The highest BCUT2D eigenvalue weighted by Crippen LogP contribution is 2.34. The molecule has 25 heavy (non-hydrogen) atoms. The van der Waals surface area contributed by atoms with Crippen molar-refractivity contribution in [2.75, 3.05) is 27.2 Å². The van der Waals surface area contributed by atoms with E-state index in [1.165, 1.54) is 7.05 Å².